The molecule has 0 spiro atoms. The summed E-state index contributed by atoms with van der Waals surface area (Å²) in [6.07, 6.45) is 4.57. The van der Waals surface area contributed by atoms with Crippen LogP contribution in [-0.2, 0) is 9.59 Å². The molecule has 4 heteroatoms. The van der Waals surface area contributed by atoms with Crippen LogP contribution in [0.3, 0.4) is 0 Å². The zero-order valence-electron chi connectivity index (χ0n) is 8.73. The first-order valence-electron chi connectivity index (χ1n) is 4.76. The van der Waals surface area contributed by atoms with Gasteiger partial charge in [-0.05, 0) is 17.9 Å². The number of carboxylic acids is 2. The van der Waals surface area contributed by atoms with Crippen molar-refractivity contribution in [1.82, 2.24) is 0 Å². The first-order chi connectivity index (χ1) is 6.90. The Balaban J connectivity index is 3.00. The van der Waals surface area contributed by atoms with Crippen molar-refractivity contribution < 1.29 is 19.8 Å². The van der Waals surface area contributed by atoms with Gasteiger partial charge < -0.3 is 10.2 Å². The van der Waals surface area contributed by atoms with E-state index in [-0.39, 0.29) is 12.3 Å². The molecule has 0 saturated heterocycles. The third kappa shape index (κ3) is 1.93. The van der Waals surface area contributed by atoms with E-state index in [9.17, 15) is 9.59 Å². The van der Waals surface area contributed by atoms with Crippen molar-refractivity contribution >= 4 is 11.9 Å². The Morgan fingerprint density at radius 2 is 1.87 bits per heavy atom. The van der Waals surface area contributed by atoms with E-state index in [1.165, 1.54) is 6.08 Å². The van der Waals surface area contributed by atoms with Gasteiger partial charge in [-0.25, -0.2) is 0 Å². The molecule has 0 aromatic carbocycles. The van der Waals surface area contributed by atoms with Crippen molar-refractivity contribution in [1.29, 1.82) is 0 Å². The minimum absolute atomic E-state index is 0.0156. The fourth-order valence-corrected chi connectivity index (χ4v) is 1.49. The van der Waals surface area contributed by atoms with Crippen molar-refractivity contribution in [3.05, 3.63) is 23.8 Å². The van der Waals surface area contributed by atoms with E-state index in [0.29, 0.717) is 0 Å². The molecule has 0 aliphatic heterocycles. The molecule has 0 radical (unpaired) electrons. The molecule has 2 N–H and O–H groups in total. The van der Waals surface area contributed by atoms with Crippen molar-refractivity contribution in [2.45, 2.75) is 20.3 Å². The van der Waals surface area contributed by atoms with Gasteiger partial charge in [0.2, 0.25) is 0 Å². The second-order valence-electron chi connectivity index (χ2n) is 3.98. The first kappa shape index (κ1) is 11.5. The van der Waals surface area contributed by atoms with Crippen LogP contribution >= 0.6 is 0 Å². The van der Waals surface area contributed by atoms with E-state index >= 15 is 0 Å². The van der Waals surface area contributed by atoms with Gasteiger partial charge in [-0.15, -0.1) is 0 Å². The Labute approximate surface area is 87.9 Å². The molecule has 0 heterocycles. The Kier molecular flexibility index (Phi) is 2.98. The number of rotatable bonds is 3. The van der Waals surface area contributed by atoms with Crippen molar-refractivity contribution in [2.24, 2.45) is 11.3 Å². The molecule has 15 heavy (non-hydrogen) atoms. The van der Waals surface area contributed by atoms with Gasteiger partial charge in [0.05, 0.1) is 0 Å². The summed E-state index contributed by atoms with van der Waals surface area (Å²) in [7, 11) is 0. The van der Waals surface area contributed by atoms with Gasteiger partial charge in [0.1, 0.15) is 0 Å². The maximum Gasteiger partial charge on any atom is 0.325 e. The number of aliphatic carboxylic acids is 2. The number of carbonyl (C=O) groups is 2. The largest absolute Gasteiger partial charge is 0.480 e. The van der Waals surface area contributed by atoms with Crippen molar-refractivity contribution in [3.63, 3.8) is 0 Å². The second kappa shape index (κ2) is 3.88. The molecular formula is C11H14O4. The first-order valence-corrected chi connectivity index (χ1v) is 4.76. The summed E-state index contributed by atoms with van der Waals surface area (Å²) in [4.78, 5) is 21.9. The van der Waals surface area contributed by atoms with Gasteiger partial charge in [0.25, 0.3) is 0 Å². The highest BCUT2D eigenvalue weighted by Crippen LogP contribution is 2.32. The summed E-state index contributed by atoms with van der Waals surface area (Å²) in [5.41, 5.74) is -0.800. The Bertz CT molecular complexity index is 336. The van der Waals surface area contributed by atoms with E-state index in [1.54, 1.807) is 12.2 Å². The number of hydrogen-bond donors (Lipinski definition) is 2. The van der Waals surface area contributed by atoms with E-state index in [0.717, 1.165) is 5.57 Å². The number of carboxylic acid groups (broad SMARTS) is 2. The Morgan fingerprint density at radius 3 is 2.13 bits per heavy atom. The predicted octanol–water partition coefficient (Wildman–Crippen LogP) is 1.68. The van der Waals surface area contributed by atoms with Crippen LogP contribution in [0.2, 0.25) is 0 Å². The molecule has 82 valence electrons. The van der Waals surface area contributed by atoms with Crippen LogP contribution in [0, 0.1) is 11.3 Å². The molecule has 1 rings (SSSR count). The van der Waals surface area contributed by atoms with Gasteiger partial charge in [0, 0.05) is 0 Å². The lowest BCUT2D eigenvalue weighted by molar-refractivity contribution is -0.160. The molecule has 0 amide bonds. The molecule has 0 unspecified atom stereocenters. The fourth-order valence-electron chi connectivity index (χ4n) is 1.49. The fraction of sp³-hybridized carbons (Fsp3) is 0.455. The lowest BCUT2D eigenvalue weighted by Gasteiger charge is -2.24. The predicted molar refractivity (Wildman–Crippen MR) is 54.4 cm³/mol. The topological polar surface area (TPSA) is 74.6 Å². The van der Waals surface area contributed by atoms with Crippen LogP contribution in [0.5, 0.6) is 0 Å². The third-order valence-electron chi connectivity index (χ3n) is 2.65. The third-order valence-corrected chi connectivity index (χ3v) is 2.65. The molecule has 0 aromatic heterocycles. The molecule has 0 fully saturated rings. The maximum atomic E-state index is 10.9. The van der Waals surface area contributed by atoms with Gasteiger partial charge >= 0.3 is 11.9 Å². The average molecular weight is 210 g/mol. The molecule has 4 nitrogen and oxygen atoms in total. The maximum absolute atomic E-state index is 10.9. The van der Waals surface area contributed by atoms with Gasteiger partial charge in [-0.2, -0.15) is 0 Å². The van der Waals surface area contributed by atoms with E-state index in [1.807, 2.05) is 13.8 Å². The highest BCUT2D eigenvalue weighted by molar-refractivity contribution is 6.01. The normalized spacial score (nSPS) is 18.7. The molecule has 0 atom stereocenters. The number of allylic oxidation sites excluding steroid dienone is 3. The molecule has 1 aliphatic carbocycles. The molecule has 0 aromatic rings. The lowest BCUT2D eigenvalue weighted by atomic mass is 9.78. The van der Waals surface area contributed by atoms with E-state index in [4.69, 9.17) is 10.2 Å². The smallest absolute Gasteiger partial charge is 0.325 e. The minimum atomic E-state index is -1.78. The van der Waals surface area contributed by atoms with Crippen LogP contribution in [0.15, 0.2) is 23.8 Å². The SMILES string of the molecule is CC(C)C1=CCC(C(=O)O)(C(=O)O)C=C1. The van der Waals surface area contributed by atoms with Crippen LogP contribution in [-0.4, -0.2) is 22.2 Å². The van der Waals surface area contributed by atoms with Crippen molar-refractivity contribution in [3.8, 4) is 0 Å². The molecule has 1 aliphatic rings. The van der Waals surface area contributed by atoms with Gasteiger partial charge in [0.15, 0.2) is 5.41 Å². The quantitative estimate of drug-likeness (QED) is 0.695. The molecular weight excluding hydrogens is 196 g/mol. The minimum Gasteiger partial charge on any atom is -0.480 e. The average Bonchev–Trinajstić information content (AvgIpc) is 2.17. The van der Waals surface area contributed by atoms with Gasteiger partial charge in [-0.3, -0.25) is 9.59 Å². The lowest BCUT2D eigenvalue weighted by Crippen LogP contribution is -2.38. The second-order valence-corrected chi connectivity index (χ2v) is 3.98. The summed E-state index contributed by atoms with van der Waals surface area (Å²) in [6, 6.07) is 0. The zero-order chi connectivity index (χ0) is 11.6. The van der Waals surface area contributed by atoms with Crippen LogP contribution in [0.1, 0.15) is 20.3 Å². The monoisotopic (exact) mass is 210 g/mol. The standard InChI is InChI=1S/C11H14O4/c1-7(2)8-3-5-11(6-4-8,9(12)13)10(14)15/h3-5,7H,6H2,1-2H3,(H,12,13)(H,14,15). The summed E-state index contributed by atoms with van der Waals surface area (Å²) in [5, 5.41) is 17.8. The summed E-state index contributed by atoms with van der Waals surface area (Å²) < 4.78 is 0. The number of hydrogen-bond acceptors (Lipinski definition) is 2. The highest BCUT2D eigenvalue weighted by atomic mass is 16.4. The Hall–Kier alpha value is -1.58. The van der Waals surface area contributed by atoms with Crippen molar-refractivity contribution in [2.75, 3.05) is 0 Å². The molecule has 0 saturated carbocycles. The molecule has 0 bridgehead atoms. The van der Waals surface area contributed by atoms with Gasteiger partial charge in [-0.1, -0.05) is 32.1 Å². The van der Waals surface area contributed by atoms with E-state index < -0.39 is 17.4 Å². The van der Waals surface area contributed by atoms with Crippen LogP contribution < -0.4 is 0 Å². The van der Waals surface area contributed by atoms with Crippen LogP contribution in [0.25, 0.3) is 0 Å². The zero-order valence-corrected chi connectivity index (χ0v) is 8.73. The van der Waals surface area contributed by atoms with E-state index in [2.05, 4.69) is 0 Å². The summed E-state index contributed by atoms with van der Waals surface area (Å²) >= 11 is 0. The summed E-state index contributed by atoms with van der Waals surface area (Å²) in [6.45, 7) is 3.95. The summed E-state index contributed by atoms with van der Waals surface area (Å²) in [5.74, 6) is -2.35. The Morgan fingerprint density at radius 1 is 1.33 bits per heavy atom. The highest BCUT2D eigenvalue weighted by Gasteiger charge is 2.44. The van der Waals surface area contributed by atoms with Crippen LogP contribution in [0.4, 0.5) is 0 Å².